The van der Waals surface area contributed by atoms with Crippen LogP contribution >= 0.6 is 0 Å². The molecular weight excluding hydrogens is 220 g/mol. The van der Waals surface area contributed by atoms with E-state index in [1.165, 1.54) is 57.8 Å². The van der Waals surface area contributed by atoms with Gasteiger partial charge in [-0.15, -0.1) is 0 Å². The standard InChI is InChI=1S/C16H36N2/c1-5-6-7-8-9-10-11-12-13-16(18-17)15(4)14(2)3/h14-16,18H,5-13,17H2,1-4H3. The molecule has 0 radical (unpaired) electrons. The van der Waals surface area contributed by atoms with Crippen LogP contribution < -0.4 is 11.3 Å². The average molecular weight is 256 g/mol. The first-order valence-corrected chi connectivity index (χ1v) is 8.09. The van der Waals surface area contributed by atoms with Crippen LogP contribution in [0.2, 0.25) is 0 Å². The van der Waals surface area contributed by atoms with Crippen molar-refractivity contribution in [3.05, 3.63) is 0 Å². The van der Waals surface area contributed by atoms with E-state index in [1.54, 1.807) is 0 Å². The molecule has 2 nitrogen and oxygen atoms in total. The molecule has 0 aromatic rings. The fourth-order valence-corrected chi connectivity index (χ4v) is 2.46. The summed E-state index contributed by atoms with van der Waals surface area (Å²) in [5.41, 5.74) is 3.00. The van der Waals surface area contributed by atoms with Crippen molar-refractivity contribution in [1.82, 2.24) is 5.43 Å². The first-order chi connectivity index (χ1) is 8.63. The van der Waals surface area contributed by atoms with Crippen molar-refractivity contribution in [2.45, 2.75) is 91.5 Å². The molecule has 0 aliphatic heterocycles. The van der Waals surface area contributed by atoms with E-state index >= 15 is 0 Å². The second-order valence-electron chi connectivity index (χ2n) is 6.14. The normalized spacial score (nSPS) is 15.0. The smallest absolute Gasteiger partial charge is 0.0238 e. The molecule has 110 valence electrons. The lowest BCUT2D eigenvalue weighted by Crippen LogP contribution is -2.41. The molecule has 0 rings (SSSR count). The van der Waals surface area contributed by atoms with Gasteiger partial charge in [0.1, 0.15) is 0 Å². The van der Waals surface area contributed by atoms with E-state index in [0.29, 0.717) is 17.9 Å². The highest BCUT2D eigenvalue weighted by Crippen LogP contribution is 2.19. The van der Waals surface area contributed by atoms with E-state index in [0.717, 1.165) is 0 Å². The SMILES string of the molecule is CCCCCCCCCCC(NN)C(C)C(C)C. The number of hydrogen-bond donors (Lipinski definition) is 2. The van der Waals surface area contributed by atoms with Crippen LogP contribution in [-0.2, 0) is 0 Å². The third-order valence-electron chi connectivity index (χ3n) is 4.27. The van der Waals surface area contributed by atoms with Gasteiger partial charge in [0, 0.05) is 6.04 Å². The van der Waals surface area contributed by atoms with Crippen LogP contribution in [0.4, 0.5) is 0 Å². The minimum Gasteiger partial charge on any atom is -0.271 e. The van der Waals surface area contributed by atoms with Crippen LogP contribution in [0.3, 0.4) is 0 Å². The van der Waals surface area contributed by atoms with Crippen molar-refractivity contribution in [2.75, 3.05) is 0 Å². The molecule has 0 amide bonds. The van der Waals surface area contributed by atoms with Crippen LogP contribution in [0.25, 0.3) is 0 Å². The van der Waals surface area contributed by atoms with E-state index in [2.05, 4.69) is 33.1 Å². The molecule has 2 unspecified atom stereocenters. The Bertz CT molecular complexity index is 168. The van der Waals surface area contributed by atoms with Crippen LogP contribution in [0.5, 0.6) is 0 Å². The third-order valence-corrected chi connectivity index (χ3v) is 4.27. The summed E-state index contributed by atoms with van der Waals surface area (Å²) in [7, 11) is 0. The molecule has 0 aromatic heterocycles. The van der Waals surface area contributed by atoms with Gasteiger partial charge in [0.2, 0.25) is 0 Å². The van der Waals surface area contributed by atoms with Crippen molar-refractivity contribution in [3.63, 3.8) is 0 Å². The zero-order valence-corrected chi connectivity index (χ0v) is 13.2. The molecule has 0 spiro atoms. The maximum atomic E-state index is 5.66. The minimum absolute atomic E-state index is 0.491. The Morgan fingerprint density at radius 1 is 0.833 bits per heavy atom. The molecule has 0 bridgehead atoms. The second-order valence-corrected chi connectivity index (χ2v) is 6.14. The lowest BCUT2D eigenvalue weighted by molar-refractivity contribution is 0.281. The van der Waals surface area contributed by atoms with Crippen molar-refractivity contribution in [3.8, 4) is 0 Å². The predicted molar refractivity (Wildman–Crippen MR) is 82.3 cm³/mol. The van der Waals surface area contributed by atoms with E-state index in [-0.39, 0.29) is 0 Å². The van der Waals surface area contributed by atoms with Gasteiger partial charge in [0.05, 0.1) is 0 Å². The highest BCUT2D eigenvalue weighted by Gasteiger charge is 2.18. The lowest BCUT2D eigenvalue weighted by atomic mass is 9.87. The Morgan fingerprint density at radius 2 is 1.33 bits per heavy atom. The van der Waals surface area contributed by atoms with Crippen LogP contribution in [-0.4, -0.2) is 6.04 Å². The lowest BCUT2D eigenvalue weighted by Gasteiger charge is -2.26. The number of nitrogens with two attached hydrogens (primary N) is 1. The highest BCUT2D eigenvalue weighted by atomic mass is 15.2. The van der Waals surface area contributed by atoms with Crippen molar-refractivity contribution in [2.24, 2.45) is 17.7 Å². The maximum Gasteiger partial charge on any atom is 0.0238 e. The number of hydrazine groups is 1. The number of rotatable bonds is 12. The van der Waals surface area contributed by atoms with Crippen LogP contribution in [0, 0.1) is 11.8 Å². The Labute approximate surface area is 115 Å². The highest BCUT2D eigenvalue weighted by molar-refractivity contribution is 4.73. The molecule has 0 saturated heterocycles. The molecule has 0 aromatic carbocycles. The van der Waals surface area contributed by atoms with E-state index < -0.39 is 0 Å². The van der Waals surface area contributed by atoms with Crippen molar-refractivity contribution in [1.29, 1.82) is 0 Å². The van der Waals surface area contributed by atoms with E-state index in [4.69, 9.17) is 5.84 Å². The first-order valence-electron chi connectivity index (χ1n) is 8.09. The molecule has 0 saturated carbocycles. The molecule has 0 heterocycles. The summed E-state index contributed by atoms with van der Waals surface area (Å²) in [5.74, 6) is 7.03. The monoisotopic (exact) mass is 256 g/mol. The van der Waals surface area contributed by atoms with Gasteiger partial charge >= 0.3 is 0 Å². The minimum atomic E-state index is 0.491. The third kappa shape index (κ3) is 8.93. The molecule has 0 aliphatic carbocycles. The molecule has 0 fully saturated rings. The van der Waals surface area contributed by atoms with E-state index in [9.17, 15) is 0 Å². The summed E-state index contributed by atoms with van der Waals surface area (Å²) in [6.45, 7) is 9.14. The Morgan fingerprint density at radius 3 is 1.78 bits per heavy atom. The molecular formula is C16H36N2. The molecule has 0 aliphatic rings. The van der Waals surface area contributed by atoms with Crippen LogP contribution in [0.15, 0.2) is 0 Å². The van der Waals surface area contributed by atoms with Gasteiger partial charge in [-0.25, -0.2) is 0 Å². The predicted octanol–water partition coefficient (Wildman–Crippen LogP) is 4.64. The van der Waals surface area contributed by atoms with Crippen molar-refractivity contribution < 1.29 is 0 Å². The largest absolute Gasteiger partial charge is 0.271 e. The van der Waals surface area contributed by atoms with Gasteiger partial charge in [-0.05, 0) is 18.3 Å². The molecule has 3 N–H and O–H groups in total. The fraction of sp³-hybridized carbons (Fsp3) is 1.00. The Hall–Kier alpha value is -0.0800. The Kier molecular flexibility index (Phi) is 11.9. The van der Waals surface area contributed by atoms with Gasteiger partial charge in [0.25, 0.3) is 0 Å². The van der Waals surface area contributed by atoms with Gasteiger partial charge in [0.15, 0.2) is 0 Å². The summed E-state index contributed by atoms with van der Waals surface area (Å²) in [4.78, 5) is 0. The van der Waals surface area contributed by atoms with Gasteiger partial charge < -0.3 is 0 Å². The quantitative estimate of drug-likeness (QED) is 0.303. The first kappa shape index (κ1) is 17.9. The zero-order valence-electron chi connectivity index (χ0n) is 13.2. The second kappa shape index (κ2) is 12.0. The fourth-order valence-electron chi connectivity index (χ4n) is 2.46. The summed E-state index contributed by atoms with van der Waals surface area (Å²) in [6.07, 6.45) is 12.3. The number of hydrogen-bond acceptors (Lipinski definition) is 2. The van der Waals surface area contributed by atoms with Gasteiger partial charge in [-0.3, -0.25) is 11.3 Å². The van der Waals surface area contributed by atoms with Crippen LogP contribution in [0.1, 0.15) is 85.5 Å². The Balaban J connectivity index is 3.45. The van der Waals surface area contributed by atoms with Gasteiger partial charge in [-0.1, -0.05) is 79.1 Å². The number of unbranched alkanes of at least 4 members (excludes halogenated alkanes) is 7. The zero-order chi connectivity index (χ0) is 13.8. The van der Waals surface area contributed by atoms with Gasteiger partial charge in [-0.2, -0.15) is 0 Å². The van der Waals surface area contributed by atoms with E-state index in [1.807, 2.05) is 0 Å². The topological polar surface area (TPSA) is 38.0 Å². The summed E-state index contributed by atoms with van der Waals surface area (Å²) in [5, 5.41) is 0. The average Bonchev–Trinajstić information content (AvgIpc) is 2.36. The molecule has 18 heavy (non-hydrogen) atoms. The molecule has 2 atom stereocenters. The maximum absolute atomic E-state index is 5.66. The summed E-state index contributed by atoms with van der Waals surface area (Å²) >= 11 is 0. The summed E-state index contributed by atoms with van der Waals surface area (Å²) in [6, 6.07) is 0.491. The van der Waals surface area contributed by atoms with Crippen molar-refractivity contribution >= 4 is 0 Å². The molecule has 2 heteroatoms. The summed E-state index contributed by atoms with van der Waals surface area (Å²) < 4.78 is 0. The number of nitrogens with one attached hydrogen (secondary N) is 1.